The smallest absolute Gasteiger partial charge is 0.312 e. The maximum Gasteiger partial charge on any atom is 0.312 e. The highest BCUT2D eigenvalue weighted by atomic mass is 32.1. The molecule has 0 bridgehead atoms. The lowest BCUT2D eigenvalue weighted by Gasteiger charge is -2.12. The van der Waals surface area contributed by atoms with Crippen LogP contribution in [0, 0.1) is 0 Å². The fourth-order valence-electron chi connectivity index (χ4n) is 1.56. The molecule has 1 aromatic rings. The van der Waals surface area contributed by atoms with Crippen molar-refractivity contribution < 1.29 is 19.7 Å². The van der Waals surface area contributed by atoms with E-state index in [1.165, 1.54) is 11.3 Å². The van der Waals surface area contributed by atoms with Crippen molar-refractivity contribution in [3.05, 3.63) is 5.38 Å². The molecular weight excluding hydrogens is 244 g/mol. The Kier molecular flexibility index (Phi) is 3.60. The number of carbonyl (C=O) groups is 1. The molecule has 2 heterocycles. The van der Waals surface area contributed by atoms with Crippen molar-refractivity contribution in [3.63, 3.8) is 0 Å². The lowest BCUT2D eigenvalue weighted by Crippen LogP contribution is -2.22. The van der Waals surface area contributed by atoms with E-state index in [4.69, 9.17) is 4.74 Å². The van der Waals surface area contributed by atoms with E-state index >= 15 is 0 Å². The number of hydrogen-bond acceptors (Lipinski definition) is 7. The summed E-state index contributed by atoms with van der Waals surface area (Å²) in [6.07, 6.45) is -1.20. The van der Waals surface area contributed by atoms with E-state index in [2.05, 4.69) is 4.98 Å². The number of β-amino-alcohol motifs (C(OH)–C–C–N with tert-alkyl or cyclic N) is 2. The molecular formula is C10H14N2O4S. The second-order valence-corrected chi connectivity index (χ2v) is 4.67. The van der Waals surface area contributed by atoms with Gasteiger partial charge in [-0.1, -0.05) is 6.92 Å². The molecule has 0 spiro atoms. The zero-order valence-electron chi connectivity index (χ0n) is 9.37. The quantitative estimate of drug-likeness (QED) is 0.743. The van der Waals surface area contributed by atoms with Crippen LogP contribution in [-0.2, 0) is 4.79 Å². The molecule has 2 atom stereocenters. The predicted octanol–water partition coefficient (Wildman–Crippen LogP) is 0.000300. The van der Waals surface area contributed by atoms with E-state index in [1.807, 2.05) is 0 Å². The normalized spacial score (nSPS) is 24.1. The van der Waals surface area contributed by atoms with Gasteiger partial charge in [-0.3, -0.25) is 4.79 Å². The van der Waals surface area contributed by atoms with Crippen LogP contribution in [0.5, 0.6) is 5.88 Å². The summed E-state index contributed by atoms with van der Waals surface area (Å²) in [6.45, 7) is 2.40. The van der Waals surface area contributed by atoms with Crippen LogP contribution < -0.4 is 9.64 Å². The molecule has 7 heteroatoms. The topological polar surface area (TPSA) is 82.9 Å². The lowest BCUT2D eigenvalue weighted by atomic mass is 10.3. The van der Waals surface area contributed by atoms with E-state index in [1.54, 1.807) is 17.2 Å². The van der Waals surface area contributed by atoms with Crippen LogP contribution in [0.2, 0.25) is 0 Å². The Bertz CT molecular complexity index is 399. The average Bonchev–Trinajstić information content (AvgIpc) is 2.87. The first-order chi connectivity index (χ1) is 8.10. The van der Waals surface area contributed by atoms with Crippen LogP contribution in [0.3, 0.4) is 0 Å². The average molecular weight is 258 g/mol. The third-order valence-corrected chi connectivity index (χ3v) is 3.39. The SMILES string of the molecule is CCC(=O)Oc1csc(N2C[C@@H](O)[C@@H](O)C2)n1. The third-order valence-electron chi connectivity index (χ3n) is 2.51. The summed E-state index contributed by atoms with van der Waals surface area (Å²) >= 11 is 1.32. The number of thiazole rings is 1. The van der Waals surface area contributed by atoms with Crippen molar-refractivity contribution in [3.8, 4) is 5.88 Å². The molecule has 0 saturated carbocycles. The fourth-order valence-corrected chi connectivity index (χ4v) is 2.30. The first kappa shape index (κ1) is 12.3. The summed E-state index contributed by atoms with van der Waals surface area (Å²) < 4.78 is 4.97. The van der Waals surface area contributed by atoms with Crippen LogP contribution >= 0.6 is 11.3 Å². The fraction of sp³-hybridized carbons (Fsp3) is 0.600. The zero-order valence-corrected chi connectivity index (χ0v) is 10.2. The van der Waals surface area contributed by atoms with E-state index in [0.717, 1.165) is 0 Å². The predicted molar refractivity (Wildman–Crippen MR) is 62.3 cm³/mol. The molecule has 17 heavy (non-hydrogen) atoms. The molecule has 0 aromatic carbocycles. The van der Waals surface area contributed by atoms with Gasteiger partial charge in [-0.25, -0.2) is 0 Å². The molecule has 0 radical (unpaired) electrons. The summed E-state index contributed by atoms with van der Waals surface area (Å²) in [7, 11) is 0. The van der Waals surface area contributed by atoms with Crippen molar-refractivity contribution in [2.45, 2.75) is 25.6 Å². The van der Waals surface area contributed by atoms with Crippen LogP contribution in [0.25, 0.3) is 0 Å². The van der Waals surface area contributed by atoms with Crippen LogP contribution in [-0.4, -0.2) is 46.5 Å². The maximum absolute atomic E-state index is 11.1. The minimum Gasteiger partial charge on any atom is -0.406 e. The van der Waals surface area contributed by atoms with Crippen molar-refractivity contribution >= 4 is 22.4 Å². The molecule has 1 aliphatic rings. The number of carbonyl (C=O) groups excluding carboxylic acids is 1. The van der Waals surface area contributed by atoms with Gasteiger partial charge in [0.05, 0.1) is 17.6 Å². The third kappa shape index (κ3) is 2.74. The molecule has 0 unspecified atom stereocenters. The second-order valence-electron chi connectivity index (χ2n) is 3.84. The van der Waals surface area contributed by atoms with Gasteiger partial charge in [0.15, 0.2) is 5.13 Å². The first-order valence-corrected chi connectivity index (χ1v) is 6.25. The maximum atomic E-state index is 11.1. The number of hydrogen-bond donors (Lipinski definition) is 2. The Labute approximate surface area is 102 Å². The standard InChI is InChI=1S/C10H14N2O4S/c1-2-9(15)16-8-5-17-10(11-8)12-3-6(13)7(14)4-12/h5-7,13-14H,2-4H2,1H3/t6-,7+. The van der Waals surface area contributed by atoms with E-state index in [9.17, 15) is 15.0 Å². The lowest BCUT2D eigenvalue weighted by molar-refractivity contribution is -0.134. The van der Waals surface area contributed by atoms with Crippen molar-refractivity contribution in [2.75, 3.05) is 18.0 Å². The summed E-state index contributed by atoms with van der Waals surface area (Å²) in [5.41, 5.74) is 0. The first-order valence-electron chi connectivity index (χ1n) is 5.37. The zero-order chi connectivity index (χ0) is 12.4. The van der Waals surface area contributed by atoms with E-state index < -0.39 is 12.2 Å². The molecule has 2 N–H and O–H groups in total. The van der Waals surface area contributed by atoms with E-state index in [-0.39, 0.29) is 11.8 Å². The number of aromatic nitrogens is 1. The Morgan fingerprint density at radius 3 is 2.82 bits per heavy atom. The highest BCUT2D eigenvalue weighted by molar-refractivity contribution is 7.13. The number of ether oxygens (including phenoxy) is 1. The van der Waals surface area contributed by atoms with Gasteiger partial charge in [-0.2, -0.15) is 4.98 Å². The molecule has 1 fully saturated rings. The molecule has 2 rings (SSSR count). The minimum atomic E-state index is -0.749. The highest BCUT2D eigenvalue weighted by Gasteiger charge is 2.31. The van der Waals surface area contributed by atoms with Gasteiger partial charge in [-0.05, 0) is 0 Å². The molecule has 0 amide bonds. The van der Waals surface area contributed by atoms with Crippen molar-refractivity contribution in [2.24, 2.45) is 0 Å². The van der Waals surface area contributed by atoms with Crippen molar-refractivity contribution in [1.82, 2.24) is 4.98 Å². The van der Waals surface area contributed by atoms with Gasteiger partial charge in [-0.15, -0.1) is 11.3 Å². The summed E-state index contributed by atoms with van der Waals surface area (Å²) in [5, 5.41) is 21.1. The number of nitrogens with zero attached hydrogens (tertiary/aromatic N) is 2. The summed E-state index contributed by atoms with van der Waals surface area (Å²) in [6, 6.07) is 0. The Balaban J connectivity index is 2.01. The highest BCUT2D eigenvalue weighted by Crippen LogP contribution is 2.28. The molecule has 0 aliphatic carbocycles. The number of rotatable bonds is 3. The van der Waals surface area contributed by atoms with E-state index in [0.29, 0.717) is 24.6 Å². The largest absolute Gasteiger partial charge is 0.406 e. The van der Waals surface area contributed by atoms with Gasteiger partial charge in [0, 0.05) is 19.5 Å². The number of anilines is 1. The summed E-state index contributed by atoms with van der Waals surface area (Å²) in [5.74, 6) is -0.0592. The van der Waals surface area contributed by atoms with Gasteiger partial charge in [0.25, 0.3) is 0 Å². The number of aliphatic hydroxyl groups excluding tert-OH is 2. The van der Waals surface area contributed by atoms with Gasteiger partial charge >= 0.3 is 5.97 Å². The van der Waals surface area contributed by atoms with Crippen molar-refractivity contribution in [1.29, 1.82) is 0 Å². The van der Waals surface area contributed by atoms with Crippen LogP contribution in [0.15, 0.2) is 5.38 Å². The number of esters is 1. The second kappa shape index (κ2) is 4.99. The summed E-state index contributed by atoms with van der Waals surface area (Å²) in [4.78, 5) is 17.0. The van der Waals surface area contributed by atoms with Gasteiger partial charge < -0.3 is 19.8 Å². The monoisotopic (exact) mass is 258 g/mol. The number of aliphatic hydroxyl groups is 2. The van der Waals surface area contributed by atoms with Crippen LogP contribution in [0.4, 0.5) is 5.13 Å². The van der Waals surface area contributed by atoms with Crippen LogP contribution in [0.1, 0.15) is 13.3 Å². The molecule has 94 valence electrons. The Morgan fingerprint density at radius 2 is 2.24 bits per heavy atom. The molecule has 1 aliphatic heterocycles. The molecule has 6 nitrogen and oxygen atoms in total. The van der Waals surface area contributed by atoms with Gasteiger partial charge in [0.2, 0.25) is 5.88 Å². The molecule has 1 saturated heterocycles. The minimum absolute atomic E-state index is 0.271. The van der Waals surface area contributed by atoms with Gasteiger partial charge in [0.1, 0.15) is 0 Å². The Hall–Kier alpha value is -1.18. The molecule has 1 aromatic heterocycles. The Morgan fingerprint density at radius 1 is 1.59 bits per heavy atom.